The monoisotopic (exact) mass is 249 g/mol. The second-order valence-electron chi connectivity index (χ2n) is 4.75. The highest BCUT2D eigenvalue weighted by molar-refractivity contribution is 5.38. The highest BCUT2D eigenvalue weighted by atomic mass is 16.5. The molecule has 18 heavy (non-hydrogen) atoms. The molecule has 0 unspecified atom stereocenters. The van der Waals surface area contributed by atoms with Crippen LogP contribution >= 0.6 is 0 Å². The topological polar surface area (TPSA) is 35.2 Å². The molecule has 0 aromatic heterocycles. The largest absolute Gasteiger partial charge is 0.493 e. The van der Waals surface area contributed by atoms with Gasteiger partial charge in [0.2, 0.25) is 0 Å². The van der Waals surface area contributed by atoms with Gasteiger partial charge in [0.1, 0.15) is 5.75 Å². The fourth-order valence-corrected chi connectivity index (χ4v) is 1.89. The average molecular weight is 249 g/mol. The first-order valence-corrected chi connectivity index (χ1v) is 7.23. The molecule has 0 amide bonds. The molecule has 0 bridgehead atoms. The van der Waals surface area contributed by atoms with E-state index in [1.807, 2.05) is 13.8 Å². The van der Waals surface area contributed by atoms with Crippen LogP contribution in [0.25, 0.3) is 0 Å². The molecular weight excluding hydrogens is 222 g/mol. The molecule has 1 aliphatic carbocycles. The first-order valence-electron chi connectivity index (χ1n) is 7.23. The molecule has 0 radical (unpaired) electrons. The summed E-state index contributed by atoms with van der Waals surface area (Å²) < 4.78 is 5.50. The molecule has 0 spiro atoms. The molecule has 0 atom stereocenters. The zero-order valence-electron chi connectivity index (χ0n) is 12.0. The van der Waals surface area contributed by atoms with Crippen molar-refractivity contribution in [2.45, 2.75) is 58.9 Å². The van der Waals surface area contributed by atoms with Gasteiger partial charge in [-0.25, -0.2) is 0 Å². The first kappa shape index (κ1) is 15.0. The Morgan fingerprint density at radius 3 is 2.39 bits per heavy atom. The Balaban J connectivity index is 0.000000195. The van der Waals surface area contributed by atoms with Crippen LogP contribution in [0.5, 0.6) is 5.75 Å². The summed E-state index contributed by atoms with van der Waals surface area (Å²) in [5, 5.41) is 0. The Hall–Kier alpha value is -1.02. The van der Waals surface area contributed by atoms with E-state index in [0.717, 1.165) is 18.8 Å². The maximum Gasteiger partial charge on any atom is 0.122 e. The number of hydrogen-bond acceptors (Lipinski definition) is 2. The lowest BCUT2D eigenvalue weighted by Gasteiger charge is -2.18. The van der Waals surface area contributed by atoms with Gasteiger partial charge in [-0.2, -0.15) is 0 Å². The van der Waals surface area contributed by atoms with Crippen molar-refractivity contribution in [3.8, 4) is 5.75 Å². The highest BCUT2D eigenvalue weighted by Crippen LogP contribution is 2.25. The predicted octanol–water partition coefficient (Wildman–Crippen LogP) is 3.84. The van der Waals surface area contributed by atoms with Crippen LogP contribution in [0.1, 0.15) is 50.7 Å². The third kappa shape index (κ3) is 4.69. The summed E-state index contributed by atoms with van der Waals surface area (Å²) in [4.78, 5) is 0. The van der Waals surface area contributed by atoms with Gasteiger partial charge in [0, 0.05) is 6.04 Å². The average Bonchev–Trinajstić information content (AvgIpc) is 2.39. The van der Waals surface area contributed by atoms with Crippen molar-refractivity contribution in [3.63, 3.8) is 0 Å². The van der Waals surface area contributed by atoms with Crippen LogP contribution in [0, 0.1) is 6.92 Å². The fraction of sp³-hybridized carbons (Fsp3) is 0.625. The van der Waals surface area contributed by atoms with Crippen molar-refractivity contribution in [1.82, 2.24) is 0 Å². The van der Waals surface area contributed by atoms with Gasteiger partial charge in [-0.15, -0.1) is 0 Å². The normalized spacial score (nSPS) is 16.9. The van der Waals surface area contributed by atoms with Crippen molar-refractivity contribution in [3.05, 3.63) is 29.3 Å². The number of hydrogen-bond donors (Lipinski definition) is 1. The van der Waals surface area contributed by atoms with Gasteiger partial charge < -0.3 is 10.5 Å². The van der Waals surface area contributed by atoms with Crippen molar-refractivity contribution < 1.29 is 4.74 Å². The number of aryl methyl sites for hydroxylation is 2. The second-order valence-corrected chi connectivity index (χ2v) is 4.75. The molecule has 1 fully saturated rings. The molecule has 1 aromatic carbocycles. The van der Waals surface area contributed by atoms with Gasteiger partial charge in [0.05, 0.1) is 6.61 Å². The van der Waals surface area contributed by atoms with E-state index in [4.69, 9.17) is 10.5 Å². The molecular formula is C16H27NO. The SMILES string of the molecule is CC.Cc1ccc2c(c1)OCCC2.NC1CCC1. The van der Waals surface area contributed by atoms with Crippen LogP contribution in [0.2, 0.25) is 0 Å². The predicted molar refractivity (Wildman–Crippen MR) is 78.2 cm³/mol. The van der Waals surface area contributed by atoms with Gasteiger partial charge in [0.15, 0.2) is 0 Å². The number of benzene rings is 1. The number of rotatable bonds is 0. The fourth-order valence-electron chi connectivity index (χ4n) is 1.89. The smallest absolute Gasteiger partial charge is 0.122 e. The third-order valence-corrected chi connectivity index (χ3v) is 3.22. The molecule has 2 N–H and O–H groups in total. The van der Waals surface area contributed by atoms with E-state index < -0.39 is 0 Å². The second kappa shape index (κ2) is 8.15. The van der Waals surface area contributed by atoms with Gasteiger partial charge in [-0.3, -0.25) is 0 Å². The highest BCUT2D eigenvalue weighted by Gasteiger charge is 2.10. The van der Waals surface area contributed by atoms with E-state index in [2.05, 4.69) is 25.1 Å². The molecule has 2 aliphatic rings. The van der Waals surface area contributed by atoms with E-state index in [1.54, 1.807) is 0 Å². The minimum atomic E-state index is 0.565. The van der Waals surface area contributed by atoms with Crippen molar-refractivity contribution >= 4 is 0 Å². The summed E-state index contributed by atoms with van der Waals surface area (Å²) in [5.41, 5.74) is 8.02. The van der Waals surface area contributed by atoms with Gasteiger partial charge in [0.25, 0.3) is 0 Å². The van der Waals surface area contributed by atoms with E-state index in [0.29, 0.717) is 6.04 Å². The summed E-state index contributed by atoms with van der Waals surface area (Å²) >= 11 is 0. The van der Waals surface area contributed by atoms with E-state index in [-0.39, 0.29) is 0 Å². The van der Waals surface area contributed by atoms with Gasteiger partial charge in [-0.1, -0.05) is 32.4 Å². The standard InChI is InChI=1S/C10H12O.C4H9N.C2H6/c1-8-4-5-9-3-2-6-11-10(9)7-8;5-4-2-1-3-4;1-2/h4-5,7H,2-3,6H2,1H3;4H,1-3,5H2;1-2H3. The van der Waals surface area contributed by atoms with Crippen molar-refractivity contribution in [1.29, 1.82) is 0 Å². The van der Waals surface area contributed by atoms with Gasteiger partial charge >= 0.3 is 0 Å². The van der Waals surface area contributed by atoms with E-state index in [9.17, 15) is 0 Å². The number of nitrogens with two attached hydrogens (primary N) is 1. The van der Waals surface area contributed by atoms with Crippen LogP contribution in [0.4, 0.5) is 0 Å². The van der Waals surface area contributed by atoms with Crippen LogP contribution in [0.3, 0.4) is 0 Å². The minimum Gasteiger partial charge on any atom is -0.493 e. The Bertz CT molecular complexity index is 345. The van der Waals surface area contributed by atoms with E-state index in [1.165, 1.54) is 36.8 Å². The number of ether oxygens (including phenoxy) is 1. The molecule has 3 rings (SSSR count). The Morgan fingerprint density at radius 2 is 1.83 bits per heavy atom. The maximum absolute atomic E-state index is 5.50. The summed E-state index contributed by atoms with van der Waals surface area (Å²) in [6.07, 6.45) is 6.23. The molecule has 1 aliphatic heterocycles. The summed E-state index contributed by atoms with van der Waals surface area (Å²) in [5.74, 6) is 1.09. The molecule has 2 nitrogen and oxygen atoms in total. The summed E-state index contributed by atoms with van der Waals surface area (Å²) in [6.45, 7) is 6.98. The molecule has 1 aromatic rings. The third-order valence-electron chi connectivity index (χ3n) is 3.22. The van der Waals surface area contributed by atoms with Crippen LogP contribution in [-0.2, 0) is 6.42 Å². The Labute approximate surface area is 112 Å². The lowest BCUT2D eigenvalue weighted by atomic mass is 9.95. The Morgan fingerprint density at radius 1 is 1.17 bits per heavy atom. The Kier molecular flexibility index (Phi) is 6.81. The minimum absolute atomic E-state index is 0.565. The van der Waals surface area contributed by atoms with Crippen LogP contribution in [-0.4, -0.2) is 12.6 Å². The molecule has 102 valence electrons. The lowest BCUT2D eigenvalue weighted by molar-refractivity contribution is 0.288. The molecule has 2 heteroatoms. The maximum atomic E-state index is 5.50. The quantitative estimate of drug-likeness (QED) is 0.758. The summed E-state index contributed by atoms with van der Waals surface area (Å²) in [7, 11) is 0. The molecule has 1 heterocycles. The first-order chi connectivity index (χ1) is 8.75. The van der Waals surface area contributed by atoms with Crippen LogP contribution in [0.15, 0.2) is 18.2 Å². The molecule has 1 saturated carbocycles. The zero-order valence-corrected chi connectivity index (χ0v) is 12.0. The van der Waals surface area contributed by atoms with Crippen LogP contribution < -0.4 is 10.5 Å². The van der Waals surface area contributed by atoms with E-state index >= 15 is 0 Å². The summed E-state index contributed by atoms with van der Waals surface area (Å²) in [6, 6.07) is 7.00. The lowest BCUT2D eigenvalue weighted by Crippen LogP contribution is -2.27. The van der Waals surface area contributed by atoms with Crippen molar-refractivity contribution in [2.75, 3.05) is 6.61 Å². The molecule has 0 saturated heterocycles. The number of fused-ring (bicyclic) bond motifs is 1. The zero-order chi connectivity index (χ0) is 13.4. The van der Waals surface area contributed by atoms with Gasteiger partial charge in [-0.05, 0) is 49.8 Å². The van der Waals surface area contributed by atoms with Crippen molar-refractivity contribution in [2.24, 2.45) is 5.73 Å².